The third-order valence-corrected chi connectivity index (χ3v) is 10.3. The lowest BCUT2D eigenvalue weighted by Crippen LogP contribution is -2.51. The zero-order valence-corrected chi connectivity index (χ0v) is 25.4. The molecular formula is C28H42N4O6S2. The molecule has 3 rings (SSSR count). The third-order valence-electron chi connectivity index (χ3n) is 7.33. The predicted molar refractivity (Wildman–Crippen MR) is 160 cm³/mol. The molecule has 1 saturated heterocycles. The Morgan fingerprint density at radius 3 is 2.38 bits per heavy atom. The van der Waals surface area contributed by atoms with E-state index < -0.39 is 25.8 Å². The Morgan fingerprint density at radius 2 is 1.75 bits per heavy atom. The number of hydrogen-bond donors (Lipinski definition) is 2. The van der Waals surface area contributed by atoms with Crippen LogP contribution in [0.2, 0.25) is 0 Å². The van der Waals surface area contributed by atoms with Crippen LogP contribution in [-0.2, 0) is 24.6 Å². The molecule has 1 aliphatic heterocycles. The largest absolute Gasteiger partial charge is 0.378 e. The molecule has 40 heavy (non-hydrogen) atoms. The fourth-order valence-electron chi connectivity index (χ4n) is 4.72. The average Bonchev–Trinajstić information content (AvgIpc) is 2.92. The highest BCUT2D eigenvalue weighted by Gasteiger charge is 2.28. The molecular weight excluding hydrogens is 552 g/mol. The summed E-state index contributed by atoms with van der Waals surface area (Å²) in [5.41, 5.74) is 7.69. The summed E-state index contributed by atoms with van der Waals surface area (Å²) in [5.74, 6) is -0.427. The maximum atomic E-state index is 13.3. The Morgan fingerprint density at radius 1 is 1.07 bits per heavy atom. The maximum Gasteiger partial charge on any atom is 0.257 e. The number of unbranched alkanes of at least 4 members (excludes halogenated alkanes) is 4. The number of benzene rings is 2. The number of nitrogens with one attached hydrogen (secondary N) is 1. The van der Waals surface area contributed by atoms with Crippen LogP contribution in [0.3, 0.4) is 0 Å². The number of rotatable bonds is 13. The van der Waals surface area contributed by atoms with Crippen LogP contribution < -0.4 is 20.3 Å². The molecule has 1 heterocycles. The summed E-state index contributed by atoms with van der Waals surface area (Å²) in [6, 6.07) is 11.0. The van der Waals surface area contributed by atoms with Crippen LogP contribution in [0.4, 0.5) is 17.1 Å². The highest BCUT2D eigenvalue weighted by Crippen LogP contribution is 2.30. The molecule has 2 atom stereocenters. The van der Waals surface area contributed by atoms with Gasteiger partial charge in [0.15, 0.2) is 9.84 Å². The molecule has 10 nitrogen and oxygen atoms in total. The van der Waals surface area contributed by atoms with Gasteiger partial charge in [0.2, 0.25) is 10.0 Å². The molecule has 0 spiro atoms. The summed E-state index contributed by atoms with van der Waals surface area (Å²) in [6.07, 6.45) is 6.33. The van der Waals surface area contributed by atoms with Gasteiger partial charge in [-0.1, -0.05) is 32.6 Å². The second-order valence-corrected chi connectivity index (χ2v) is 14.4. The molecule has 0 aliphatic carbocycles. The van der Waals surface area contributed by atoms with Gasteiger partial charge < -0.3 is 20.7 Å². The van der Waals surface area contributed by atoms with Crippen molar-refractivity contribution in [2.24, 2.45) is 5.73 Å². The standard InChI is InChI=1S/C28H42N4O6S2/c1-5-6-7-8-9-18-40(36,37)23-13-10-21(11-14-23)30-28(33)24-15-12-22(19-26(24)31(2)39(4,34)35)32-17-16-25(29)27(20-32)38-3/h10-15,19,25,27H,5-9,16-18,20,29H2,1-4H3,(H,30,33)/t25-,27-/m0/s1. The number of piperidine rings is 1. The quantitative estimate of drug-likeness (QED) is 0.335. The summed E-state index contributed by atoms with van der Waals surface area (Å²) < 4.78 is 56.8. The number of carbonyl (C=O) groups is 1. The first-order chi connectivity index (χ1) is 18.9. The van der Waals surface area contributed by atoms with Gasteiger partial charge in [0.25, 0.3) is 5.91 Å². The second-order valence-electron chi connectivity index (χ2n) is 10.3. The van der Waals surface area contributed by atoms with Crippen LogP contribution in [0.5, 0.6) is 0 Å². The van der Waals surface area contributed by atoms with Gasteiger partial charge in [-0.2, -0.15) is 0 Å². The minimum atomic E-state index is -3.67. The maximum absolute atomic E-state index is 13.3. The first-order valence-corrected chi connectivity index (χ1v) is 17.1. The Labute approximate surface area is 238 Å². The van der Waals surface area contributed by atoms with Crippen molar-refractivity contribution >= 4 is 42.8 Å². The van der Waals surface area contributed by atoms with Crippen LogP contribution in [0, 0.1) is 0 Å². The van der Waals surface area contributed by atoms with Gasteiger partial charge >= 0.3 is 0 Å². The fraction of sp³-hybridized carbons (Fsp3) is 0.536. The van der Waals surface area contributed by atoms with Crippen molar-refractivity contribution < 1.29 is 26.4 Å². The molecule has 1 aliphatic rings. The van der Waals surface area contributed by atoms with Gasteiger partial charge in [0.05, 0.1) is 34.3 Å². The van der Waals surface area contributed by atoms with E-state index in [0.29, 0.717) is 31.6 Å². The van der Waals surface area contributed by atoms with Gasteiger partial charge in [0, 0.05) is 44.7 Å². The predicted octanol–water partition coefficient (Wildman–Crippen LogP) is 3.63. The molecule has 3 N–H and O–H groups in total. The van der Waals surface area contributed by atoms with Crippen LogP contribution in [-0.4, -0.2) is 74.1 Å². The van der Waals surface area contributed by atoms with Crippen molar-refractivity contribution in [2.45, 2.75) is 62.5 Å². The number of nitrogens with two attached hydrogens (primary N) is 1. The van der Waals surface area contributed by atoms with Gasteiger partial charge in [0.1, 0.15) is 0 Å². The van der Waals surface area contributed by atoms with Crippen LogP contribution in [0.1, 0.15) is 55.8 Å². The number of amides is 1. The van der Waals surface area contributed by atoms with Gasteiger partial charge in [-0.25, -0.2) is 16.8 Å². The number of carbonyl (C=O) groups excluding carboxylic acids is 1. The summed E-state index contributed by atoms with van der Waals surface area (Å²) in [6.45, 7) is 3.32. The lowest BCUT2D eigenvalue weighted by molar-refractivity contribution is 0.0730. The van der Waals surface area contributed by atoms with E-state index in [1.54, 1.807) is 25.3 Å². The van der Waals surface area contributed by atoms with Crippen molar-refractivity contribution in [3.63, 3.8) is 0 Å². The van der Waals surface area contributed by atoms with Gasteiger partial charge in [-0.3, -0.25) is 9.10 Å². The van der Waals surface area contributed by atoms with Gasteiger partial charge in [-0.15, -0.1) is 0 Å². The van der Waals surface area contributed by atoms with Crippen LogP contribution in [0.15, 0.2) is 47.4 Å². The molecule has 0 unspecified atom stereocenters. The summed E-state index contributed by atoms with van der Waals surface area (Å²) >= 11 is 0. The highest BCUT2D eigenvalue weighted by atomic mass is 32.2. The summed E-state index contributed by atoms with van der Waals surface area (Å²) in [5, 5.41) is 2.77. The number of nitrogens with zero attached hydrogens (tertiary/aromatic N) is 2. The lowest BCUT2D eigenvalue weighted by atomic mass is 10.0. The molecule has 12 heteroatoms. The number of sulfonamides is 1. The fourth-order valence-corrected chi connectivity index (χ4v) is 6.60. The summed E-state index contributed by atoms with van der Waals surface area (Å²) in [7, 11) is -4.07. The number of hydrogen-bond acceptors (Lipinski definition) is 8. The average molecular weight is 595 g/mol. The molecule has 0 saturated carbocycles. The molecule has 0 bridgehead atoms. The van der Waals surface area contributed by atoms with E-state index in [4.69, 9.17) is 10.5 Å². The highest BCUT2D eigenvalue weighted by molar-refractivity contribution is 7.92. The molecule has 0 radical (unpaired) electrons. The number of sulfone groups is 1. The van der Waals surface area contributed by atoms with E-state index in [1.807, 2.05) is 0 Å². The first kappa shape index (κ1) is 31.9. The van der Waals surface area contributed by atoms with E-state index >= 15 is 0 Å². The van der Waals surface area contributed by atoms with E-state index in [-0.39, 0.29) is 34.0 Å². The first-order valence-electron chi connectivity index (χ1n) is 13.6. The number of methoxy groups -OCH3 is 1. The van der Waals surface area contributed by atoms with E-state index in [1.165, 1.54) is 31.3 Å². The third kappa shape index (κ3) is 8.18. The Balaban J connectivity index is 1.79. The van der Waals surface area contributed by atoms with Crippen molar-refractivity contribution in [3.05, 3.63) is 48.0 Å². The van der Waals surface area contributed by atoms with Crippen LogP contribution in [0.25, 0.3) is 0 Å². The van der Waals surface area contributed by atoms with E-state index in [9.17, 15) is 21.6 Å². The zero-order valence-electron chi connectivity index (χ0n) is 23.8. The molecule has 2 aromatic rings. The number of anilines is 3. The smallest absolute Gasteiger partial charge is 0.257 e. The number of ether oxygens (including phenoxy) is 1. The lowest BCUT2D eigenvalue weighted by Gasteiger charge is -2.37. The van der Waals surface area contributed by atoms with Crippen molar-refractivity contribution in [2.75, 3.05) is 53.8 Å². The van der Waals surface area contributed by atoms with E-state index in [0.717, 1.165) is 41.9 Å². The van der Waals surface area contributed by atoms with Crippen molar-refractivity contribution in [1.29, 1.82) is 0 Å². The minimum absolute atomic E-state index is 0.0864. The monoisotopic (exact) mass is 594 g/mol. The van der Waals surface area contributed by atoms with Crippen LogP contribution >= 0.6 is 0 Å². The molecule has 222 valence electrons. The topological polar surface area (TPSA) is 139 Å². The Hall–Kier alpha value is -2.67. The molecule has 1 amide bonds. The van der Waals surface area contributed by atoms with Crippen molar-refractivity contribution in [3.8, 4) is 0 Å². The second kappa shape index (κ2) is 13.8. The Kier molecular flexibility index (Phi) is 11.0. The Bertz CT molecular complexity index is 1360. The van der Waals surface area contributed by atoms with E-state index in [2.05, 4.69) is 17.1 Å². The minimum Gasteiger partial charge on any atom is -0.378 e. The summed E-state index contributed by atoms with van der Waals surface area (Å²) in [4.78, 5) is 15.6. The molecule has 1 fully saturated rings. The zero-order chi connectivity index (χ0) is 29.5. The molecule has 2 aromatic carbocycles. The normalized spacial score (nSPS) is 18.0. The van der Waals surface area contributed by atoms with Gasteiger partial charge in [-0.05, 0) is 55.3 Å². The SMILES string of the molecule is CCCCCCCS(=O)(=O)c1ccc(NC(=O)c2ccc(N3CC[C@H](N)[C@@H](OC)C3)cc2N(C)S(C)(=O)=O)cc1. The van der Waals surface area contributed by atoms with Crippen molar-refractivity contribution in [1.82, 2.24) is 0 Å². The molecule has 0 aromatic heterocycles.